The van der Waals surface area contributed by atoms with E-state index in [1.165, 1.54) is 48.5 Å². The summed E-state index contributed by atoms with van der Waals surface area (Å²) in [6.07, 6.45) is 0. The fourth-order valence-electron chi connectivity index (χ4n) is 5.38. The summed E-state index contributed by atoms with van der Waals surface area (Å²) in [5.41, 5.74) is 0. The Bertz CT molecular complexity index is 1740. The Morgan fingerprint density at radius 1 is 0.448 bits per heavy atom. The van der Waals surface area contributed by atoms with Crippen molar-refractivity contribution >= 4 is 71.1 Å². The van der Waals surface area contributed by atoms with E-state index in [-0.39, 0.29) is 0 Å². The van der Waals surface area contributed by atoms with Crippen LogP contribution in [0.5, 0.6) is 5.75 Å². The number of carbonyl (C=O) groups excluding carboxylic acids is 1. The van der Waals surface area contributed by atoms with Crippen molar-refractivity contribution in [3.05, 3.63) is 78.9 Å². The first-order valence-electron chi connectivity index (χ1n) is 9.67. The first kappa shape index (κ1) is 15.1. The minimum atomic E-state index is 0.566. The first-order valence-corrected chi connectivity index (χ1v) is 9.67. The Balaban J connectivity index is 1.97. The van der Waals surface area contributed by atoms with Gasteiger partial charge in [0.05, 0.1) is 0 Å². The van der Waals surface area contributed by atoms with Crippen LogP contribution >= 0.6 is 0 Å². The number of hydrogen-bond donors (Lipinski definition) is 0. The molecule has 0 N–H and O–H groups in total. The highest BCUT2D eigenvalue weighted by Gasteiger charge is 2.23. The second-order valence-corrected chi connectivity index (χ2v) is 7.62. The first-order chi connectivity index (χ1) is 14.4. The van der Waals surface area contributed by atoms with Crippen molar-refractivity contribution in [2.24, 2.45) is 0 Å². The van der Waals surface area contributed by atoms with Gasteiger partial charge in [0.15, 0.2) is 0 Å². The fraction of sp³-hybridized carbons (Fsp3) is 0. The SMILES string of the molecule is O=[C]Oc1ccc2c3ccccc3c3c4cccc5c6ccccc6c(c1c23)c54. The van der Waals surface area contributed by atoms with Crippen LogP contribution in [0, 0.1) is 0 Å². The summed E-state index contributed by atoms with van der Waals surface area (Å²) in [6.45, 7) is 1.65. The molecule has 7 aromatic carbocycles. The molecular formula is C27H13O2. The van der Waals surface area contributed by atoms with Crippen molar-refractivity contribution in [2.75, 3.05) is 0 Å². The normalized spacial score (nSPS) is 12.3. The van der Waals surface area contributed by atoms with E-state index in [0.29, 0.717) is 5.75 Å². The van der Waals surface area contributed by atoms with Gasteiger partial charge in [0, 0.05) is 16.2 Å². The summed E-state index contributed by atoms with van der Waals surface area (Å²) in [7, 11) is 0. The van der Waals surface area contributed by atoms with Crippen LogP contribution in [0.15, 0.2) is 78.9 Å². The molecule has 7 rings (SSSR count). The minimum Gasteiger partial charge on any atom is -0.417 e. The van der Waals surface area contributed by atoms with Crippen LogP contribution in [0.4, 0.5) is 0 Å². The van der Waals surface area contributed by atoms with Gasteiger partial charge < -0.3 is 4.74 Å². The van der Waals surface area contributed by atoms with Gasteiger partial charge in [-0.25, -0.2) is 4.79 Å². The average Bonchev–Trinajstić information content (AvgIpc) is 3.28. The molecule has 0 fully saturated rings. The van der Waals surface area contributed by atoms with E-state index in [1.807, 2.05) is 6.07 Å². The highest BCUT2D eigenvalue weighted by Crippen LogP contribution is 2.52. The van der Waals surface area contributed by atoms with Crippen LogP contribution in [-0.2, 0) is 4.79 Å². The molecule has 0 unspecified atom stereocenters. The van der Waals surface area contributed by atoms with E-state index >= 15 is 0 Å². The zero-order valence-corrected chi connectivity index (χ0v) is 15.3. The molecule has 2 nitrogen and oxygen atoms in total. The molecule has 7 aromatic rings. The molecule has 0 aliphatic rings. The van der Waals surface area contributed by atoms with Gasteiger partial charge in [0.1, 0.15) is 5.75 Å². The Morgan fingerprint density at radius 3 is 1.55 bits per heavy atom. The highest BCUT2D eigenvalue weighted by molar-refractivity contribution is 6.48. The van der Waals surface area contributed by atoms with Crippen molar-refractivity contribution in [2.45, 2.75) is 0 Å². The van der Waals surface area contributed by atoms with Crippen LogP contribution in [0.2, 0.25) is 0 Å². The Morgan fingerprint density at radius 2 is 0.931 bits per heavy atom. The lowest BCUT2D eigenvalue weighted by Crippen LogP contribution is -1.90. The van der Waals surface area contributed by atoms with Crippen molar-refractivity contribution in [3.63, 3.8) is 0 Å². The maximum absolute atomic E-state index is 11.2. The zero-order valence-electron chi connectivity index (χ0n) is 15.3. The lowest BCUT2D eigenvalue weighted by molar-refractivity contribution is 0.445. The molecular weight excluding hydrogens is 356 g/mol. The summed E-state index contributed by atoms with van der Waals surface area (Å²) in [6, 6.07) is 27.5. The monoisotopic (exact) mass is 369 g/mol. The van der Waals surface area contributed by atoms with E-state index in [4.69, 9.17) is 4.74 Å². The average molecular weight is 369 g/mol. The molecule has 0 aliphatic carbocycles. The Hall–Kier alpha value is -3.91. The second-order valence-electron chi connectivity index (χ2n) is 7.62. The van der Waals surface area contributed by atoms with E-state index in [1.54, 1.807) is 6.47 Å². The van der Waals surface area contributed by atoms with Crippen molar-refractivity contribution in [3.8, 4) is 5.75 Å². The molecule has 29 heavy (non-hydrogen) atoms. The fourth-order valence-corrected chi connectivity index (χ4v) is 5.38. The zero-order chi connectivity index (χ0) is 19.1. The summed E-state index contributed by atoms with van der Waals surface area (Å²) < 4.78 is 5.38. The van der Waals surface area contributed by atoms with Gasteiger partial charge in [-0.05, 0) is 60.6 Å². The van der Waals surface area contributed by atoms with Gasteiger partial charge in [0.2, 0.25) is 0 Å². The van der Waals surface area contributed by atoms with Crippen LogP contribution < -0.4 is 4.74 Å². The molecule has 0 atom stereocenters. The molecule has 0 bridgehead atoms. The summed E-state index contributed by atoms with van der Waals surface area (Å²) in [5, 5.41) is 14.4. The largest absolute Gasteiger partial charge is 0.423 e. The van der Waals surface area contributed by atoms with E-state index < -0.39 is 0 Å². The lowest BCUT2D eigenvalue weighted by atomic mass is 9.95. The van der Waals surface area contributed by atoms with Crippen LogP contribution in [0.25, 0.3) is 64.6 Å². The van der Waals surface area contributed by atoms with Crippen molar-refractivity contribution < 1.29 is 9.53 Å². The third-order valence-electron chi connectivity index (χ3n) is 6.38. The number of hydrogen-bond acceptors (Lipinski definition) is 2. The molecule has 0 spiro atoms. The summed E-state index contributed by atoms with van der Waals surface area (Å²) in [4.78, 5) is 11.2. The predicted molar refractivity (Wildman–Crippen MR) is 120 cm³/mol. The van der Waals surface area contributed by atoms with E-state index in [0.717, 1.165) is 16.2 Å². The quantitative estimate of drug-likeness (QED) is 0.309. The van der Waals surface area contributed by atoms with Crippen LogP contribution in [0.1, 0.15) is 0 Å². The molecule has 1 radical (unpaired) electrons. The molecule has 0 saturated heterocycles. The molecule has 0 aliphatic heterocycles. The number of ether oxygens (including phenoxy) is 1. The Labute approximate surface area is 165 Å². The van der Waals surface area contributed by atoms with Crippen molar-refractivity contribution in [1.29, 1.82) is 0 Å². The topological polar surface area (TPSA) is 26.3 Å². The number of benzene rings is 5. The molecule has 2 heteroatoms. The predicted octanol–water partition coefficient (Wildman–Crippen LogP) is 6.93. The van der Waals surface area contributed by atoms with Crippen LogP contribution in [-0.4, -0.2) is 6.47 Å². The smallest absolute Gasteiger partial charge is 0.417 e. The number of fused-ring (bicyclic) bond motifs is 8. The Kier molecular flexibility index (Phi) is 2.66. The molecule has 0 saturated carbocycles. The van der Waals surface area contributed by atoms with Gasteiger partial charge in [-0.15, -0.1) is 0 Å². The summed E-state index contributed by atoms with van der Waals surface area (Å²) >= 11 is 0. The van der Waals surface area contributed by atoms with E-state index in [9.17, 15) is 4.79 Å². The third kappa shape index (κ3) is 1.66. The highest BCUT2D eigenvalue weighted by atomic mass is 16.5. The van der Waals surface area contributed by atoms with Crippen LogP contribution in [0.3, 0.4) is 0 Å². The molecule has 0 amide bonds. The third-order valence-corrected chi connectivity index (χ3v) is 6.38. The number of rotatable bonds is 2. The van der Waals surface area contributed by atoms with Gasteiger partial charge in [0.25, 0.3) is 0 Å². The van der Waals surface area contributed by atoms with Gasteiger partial charge in [-0.2, -0.15) is 0 Å². The van der Waals surface area contributed by atoms with Gasteiger partial charge in [-0.3, -0.25) is 0 Å². The minimum absolute atomic E-state index is 0.566. The molecule has 0 heterocycles. The lowest BCUT2D eigenvalue weighted by Gasteiger charge is -2.10. The standard InChI is InChI=1S/C27H13O2/c28-14-29-22-13-12-20-16-7-1-3-8-17(16)23-21-11-5-10-18-15-6-2-4-9-19(15)25(24(18)21)27(22)26(20)23/h1-13H. The maximum Gasteiger partial charge on any atom is 0.423 e. The maximum atomic E-state index is 11.2. The summed E-state index contributed by atoms with van der Waals surface area (Å²) in [5.74, 6) is 0.566. The van der Waals surface area contributed by atoms with Crippen molar-refractivity contribution in [1.82, 2.24) is 0 Å². The van der Waals surface area contributed by atoms with Gasteiger partial charge >= 0.3 is 6.47 Å². The van der Waals surface area contributed by atoms with E-state index in [2.05, 4.69) is 72.8 Å². The molecule has 0 aromatic heterocycles. The van der Waals surface area contributed by atoms with Gasteiger partial charge in [-0.1, -0.05) is 66.7 Å². The second kappa shape index (κ2) is 5.12. The molecule has 133 valence electrons.